The highest BCUT2D eigenvalue weighted by Gasteiger charge is 2.48. The molecule has 1 N–H and O–H groups in total. The Morgan fingerprint density at radius 3 is 2.48 bits per heavy atom. The maximum Gasteiger partial charge on any atom is 0.243 e. The molecule has 0 aliphatic carbocycles. The van der Waals surface area contributed by atoms with E-state index in [2.05, 4.69) is 0 Å². The lowest BCUT2D eigenvalue weighted by molar-refractivity contribution is -0.0273. The summed E-state index contributed by atoms with van der Waals surface area (Å²) in [5, 5.41) is 18.5. The Kier molecular flexibility index (Phi) is 5.20. The van der Waals surface area contributed by atoms with Gasteiger partial charge in [-0.15, -0.1) is 0 Å². The van der Waals surface area contributed by atoms with Crippen LogP contribution in [0.4, 0.5) is 4.39 Å². The van der Waals surface area contributed by atoms with Crippen LogP contribution in [0.15, 0.2) is 47.4 Å². The lowest BCUT2D eigenvalue weighted by Gasteiger charge is -2.47. The number of aryl methyl sites for hydroxylation is 1. The molecule has 0 bridgehead atoms. The van der Waals surface area contributed by atoms with E-state index in [1.54, 1.807) is 30.3 Å². The van der Waals surface area contributed by atoms with Crippen molar-refractivity contribution >= 4 is 10.0 Å². The van der Waals surface area contributed by atoms with Gasteiger partial charge in [-0.2, -0.15) is 9.57 Å². The SMILES string of the molecule is Cc1ccc(S(=O)(=O)N2CC(CO)(COc3ccc(C#N)c(F)c3)C2)cc1. The van der Waals surface area contributed by atoms with Crippen LogP contribution in [-0.4, -0.2) is 44.1 Å². The highest BCUT2D eigenvalue weighted by atomic mass is 32.2. The summed E-state index contributed by atoms with van der Waals surface area (Å²) in [6, 6.07) is 12.2. The minimum Gasteiger partial charge on any atom is -0.493 e. The van der Waals surface area contributed by atoms with Crippen LogP contribution in [0, 0.1) is 29.5 Å². The van der Waals surface area contributed by atoms with Gasteiger partial charge in [0.2, 0.25) is 10.0 Å². The van der Waals surface area contributed by atoms with Gasteiger partial charge in [0.25, 0.3) is 0 Å². The molecule has 6 nitrogen and oxygen atoms in total. The molecule has 0 aromatic heterocycles. The summed E-state index contributed by atoms with van der Waals surface area (Å²) in [6.45, 7) is 1.87. The first kappa shape index (κ1) is 19.3. The first-order chi connectivity index (χ1) is 12.8. The molecule has 0 atom stereocenters. The summed E-state index contributed by atoms with van der Waals surface area (Å²) >= 11 is 0. The number of aliphatic hydroxyl groups is 1. The lowest BCUT2D eigenvalue weighted by Crippen LogP contribution is -2.62. The highest BCUT2D eigenvalue weighted by Crippen LogP contribution is 2.35. The maximum absolute atomic E-state index is 13.6. The van der Waals surface area contributed by atoms with Crippen molar-refractivity contribution in [1.29, 1.82) is 5.26 Å². The minimum absolute atomic E-state index is 0.0365. The third-order valence-electron chi connectivity index (χ3n) is 4.62. The number of sulfonamides is 1. The number of ether oxygens (including phenoxy) is 1. The van der Waals surface area contributed by atoms with Gasteiger partial charge < -0.3 is 9.84 Å². The Hall–Kier alpha value is -2.47. The topological polar surface area (TPSA) is 90.6 Å². The van der Waals surface area contributed by atoms with E-state index in [1.807, 2.05) is 6.92 Å². The Bertz CT molecular complexity index is 978. The van der Waals surface area contributed by atoms with Gasteiger partial charge in [-0.25, -0.2) is 12.8 Å². The molecule has 8 heteroatoms. The predicted octanol–water partition coefficient (Wildman–Crippen LogP) is 2.07. The molecule has 1 aliphatic heterocycles. The van der Waals surface area contributed by atoms with Gasteiger partial charge in [0, 0.05) is 19.2 Å². The normalized spacial score (nSPS) is 16.4. The number of nitrogens with zero attached hydrogens (tertiary/aromatic N) is 2. The molecule has 1 aliphatic rings. The van der Waals surface area contributed by atoms with Crippen molar-refractivity contribution in [1.82, 2.24) is 4.31 Å². The smallest absolute Gasteiger partial charge is 0.243 e. The average molecular weight is 390 g/mol. The molecule has 27 heavy (non-hydrogen) atoms. The summed E-state index contributed by atoms with van der Waals surface area (Å²) in [4.78, 5) is 0.203. The zero-order valence-electron chi connectivity index (χ0n) is 14.7. The molecule has 1 heterocycles. The number of rotatable bonds is 6. The molecule has 2 aromatic rings. The van der Waals surface area contributed by atoms with Gasteiger partial charge in [0.15, 0.2) is 0 Å². The monoisotopic (exact) mass is 390 g/mol. The number of hydrogen-bond acceptors (Lipinski definition) is 5. The van der Waals surface area contributed by atoms with E-state index >= 15 is 0 Å². The van der Waals surface area contributed by atoms with Crippen molar-refractivity contribution < 1.29 is 22.7 Å². The molecular formula is C19H19FN2O4S. The van der Waals surface area contributed by atoms with E-state index in [0.29, 0.717) is 0 Å². The lowest BCUT2D eigenvalue weighted by atomic mass is 9.83. The first-order valence-electron chi connectivity index (χ1n) is 8.30. The summed E-state index contributed by atoms with van der Waals surface area (Å²) in [5.41, 5.74) is 0.130. The van der Waals surface area contributed by atoms with E-state index in [-0.39, 0.29) is 42.5 Å². The van der Waals surface area contributed by atoms with Gasteiger partial charge >= 0.3 is 0 Å². The van der Waals surface area contributed by atoms with Gasteiger partial charge in [-0.1, -0.05) is 17.7 Å². The van der Waals surface area contributed by atoms with Crippen molar-refractivity contribution in [3.63, 3.8) is 0 Å². The third kappa shape index (κ3) is 3.81. The quantitative estimate of drug-likeness (QED) is 0.815. The van der Waals surface area contributed by atoms with Crippen LogP contribution in [0.2, 0.25) is 0 Å². The van der Waals surface area contributed by atoms with Crippen molar-refractivity contribution in [2.24, 2.45) is 5.41 Å². The Morgan fingerprint density at radius 1 is 1.26 bits per heavy atom. The molecule has 0 unspecified atom stereocenters. The summed E-state index contributed by atoms with van der Waals surface area (Å²) in [5.74, 6) is -0.468. The molecule has 1 fully saturated rings. The van der Waals surface area contributed by atoms with Crippen molar-refractivity contribution in [3.8, 4) is 11.8 Å². The van der Waals surface area contributed by atoms with Crippen LogP contribution < -0.4 is 4.74 Å². The first-order valence-corrected chi connectivity index (χ1v) is 9.74. The van der Waals surface area contributed by atoms with Crippen LogP contribution in [0.1, 0.15) is 11.1 Å². The van der Waals surface area contributed by atoms with Gasteiger partial charge in [-0.3, -0.25) is 0 Å². The maximum atomic E-state index is 13.6. The second-order valence-electron chi connectivity index (χ2n) is 6.79. The number of hydrogen-bond donors (Lipinski definition) is 1. The van der Waals surface area contributed by atoms with Crippen LogP contribution >= 0.6 is 0 Å². The van der Waals surface area contributed by atoms with E-state index in [4.69, 9.17) is 10.00 Å². The summed E-state index contributed by atoms with van der Waals surface area (Å²) in [7, 11) is -3.63. The van der Waals surface area contributed by atoms with Crippen LogP contribution in [0.3, 0.4) is 0 Å². The molecule has 2 aromatic carbocycles. The number of halogens is 1. The molecule has 0 spiro atoms. The fraction of sp³-hybridized carbons (Fsp3) is 0.316. The van der Waals surface area contributed by atoms with Crippen molar-refractivity contribution in [2.75, 3.05) is 26.3 Å². The summed E-state index contributed by atoms with van der Waals surface area (Å²) < 4.78 is 45.8. The molecular weight excluding hydrogens is 371 g/mol. The van der Waals surface area contributed by atoms with Crippen LogP contribution in [0.5, 0.6) is 5.75 Å². The van der Waals surface area contributed by atoms with Crippen molar-refractivity contribution in [2.45, 2.75) is 11.8 Å². The van der Waals surface area contributed by atoms with E-state index in [1.165, 1.54) is 16.4 Å². The molecule has 142 valence electrons. The third-order valence-corrected chi connectivity index (χ3v) is 6.43. The Morgan fingerprint density at radius 2 is 1.93 bits per heavy atom. The van der Waals surface area contributed by atoms with Gasteiger partial charge in [0.05, 0.1) is 29.1 Å². The van der Waals surface area contributed by atoms with E-state index in [9.17, 15) is 17.9 Å². The van der Waals surface area contributed by atoms with Crippen molar-refractivity contribution in [3.05, 3.63) is 59.4 Å². The largest absolute Gasteiger partial charge is 0.493 e. The van der Waals surface area contributed by atoms with Gasteiger partial charge in [0.1, 0.15) is 17.6 Å². The zero-order valence-corrected chi connectivity index (χ0v) is 15.5. The Labute approximate surface area is 157 Å². The minimum atomic E-state index is -3.63. The standard InChI is InChI=1S/C19H19FN2O4S/c1-14-2-6-17(7-3-14)27(24,25)22-10-19(11-22,12-23)13-26-16-5-4-15(9-21)18(20)8-16/h2-8,23H,10-13H2,1H3. The zero-order chi connectivity index (χ0) is 19.7. The molecule has 3 rings (SSSR count). The highest BCUT2D eigenvalue weighted by molar-refractivity contribution is 7.89. The molecule has 0 saturated carbocycles. The average Bonchev–Trinajstić information content (AvgIpc) is 2.61. The molecule has 1 saturated heterocycles. The van der Waals surface area contributed by atoms with E-state index < -0.39 is 21.3 Å². The number of nitriles is 1. The van der Waals surface area contributed by atoms with Crippen LogP contribution in [-0.2, 0) is 10.0 Å². The fourth-order valence-corrected chi connectivity index (χ4v) is 4.55. The number of aliphatic hydroxyl groups excluding tert-OH is 1. The second-order valence-corrected chi connectivity index (χ2v) is 8.72. The van der Waals surface area contributed by atoms with E-state index in [0.717, 1.165) is 11.6 Å². The van der Waals surface area contributed by atoms with Crippen LogP contribution in [0.25, 0.3) is 0 Å². The molecule has 0 radical (unpaired) electrons. The van der Waals surface area contributed by atoms with Gasteiger partial charge in [-0.05, 0) is 31.2 Å². The fourth-order valence-electron chi connectivity index (χ4n) is 2.88. The number of benzene rings is 2. The summed E-state index contributed by atoms with van der Waals surface area (Å²) in [6.07, 6.45) is 0. The Balaban J connectivity index is 1.66. The predicted molar refractivity (Wildman–Crippen MR) is 96.1 cm³/mol. The molecule has 0 amide bonds. The second kappa shape index (κ2) is 7.27.